The predicted octanol–water partition coefficient (Wildman–Crippen LogP) is 1.35. The van der Waals surface area contributed by atoms with Gasteiger partial charge in [0.25, 0.3) is 0 Å². The van der Waals surface area contributed by atoms with Crippen LogP contribution in [0.25, 0.3) is 0 Å². The summed E-state index contributed by atoms with van der Waals surface area (Å²) in [6.07, 6.45) is 0. The summed E-state index contributed by atoms with van der Waals surface area (Å²) in [6.45, 7) is 5.12. The van der Waals surface area contributed by atoms with E-state index in [0.29, 0.717) is 0 Å². The van der Waals surface area contributed by atoms with Crippen molar-refractivity contribution in [3.05, 3.63) is 34.1 Å². The van der Waals surface area contributed by atoms with Gasteiger partial charge in [-0.2, -0.15) is 4.39 Å². The van der Waals surface area contributed by atoms with E-state index in [4.69, 9.17) is 10.5 Å². The Morgan fingerprint density at radius 3 is 2.62 bits per heavy atom. The van der Waals surface area contributed by atoms with Crippen LogP contribution in [0.4, 0.5) is 10.1 Å². The Kier molecular flexibility index (Phi) is 5.20. The third-order valence-electron chi connectivity index (χ3n) is 2.79. The van der Waals surface area contributed by atoms with Crippen LogP contribution in [-0.4, -0.2) is 29.0 Å². The van der Waals surface area contributed by atoms with E-state index < -0.39 is 27.9 Å². The quantitative estimate of drug-likeness (QED) is 0.583. The number of hydrogen-bond acceptors (Lipinski definition) is 5. The molecule has 0 aliphatic rings. The molecule has 0 aromatic heterocycles. The van der Waals surface area contributed by atoms with Crippen molar-refractivity contribution < 1.29 is 18.8 Å². The second kappa shape index (κ2) is 6.49. The van der Waals surface area contributed by atoms with Crippen molar-refractivity contribution in [1.29, 1.82) is 0 Å². The molecule has 1 atom stereocenters. The van der Waals surface area contributed by atoms with Crippen molar-refractivity contribution in [2.45, 2.75) is 32.4 Å². The van der Waals surface area contributed by atoms with E-state index in [0.717, 1.165) is 12.1 Å². The molecule has 1 aromatic carbocycles. The maximum absolute atomic E-state index is 13.5. The van der Waals surface area contributed by atoms with Gasteiger partial charge in [0, 0.05) is 18.2 Å². The highest BCUT2D eigenvalue weighted by molar-refractivity contribution is 5.84. The fourth-order valence-corrected chi connectivity index (χ4v) is 1.77. The number of ether oxygens (including phenoxy) is 1. The highest BCUT2D eigenvalue weighted by Crippen LogP contribution is 2.23. The molecule has 0 spiro atoms. The fourth-order valence-electron chi connectivity index (χ4n) is 1.77. The minimum atomic E-state index is -1.13. The van der Waals surface area contributed by atoms with Gasteiger partial charge in [-0.05, 0) is 26.8 Å². The van der Waals surface area contributed by atoms with Crippen LogP contribution in [0.1, 0.15) is 20.8 Å². The molecule has 0 aliphatic carbocycles. The number of halogens is 1. The zero-order chi connectivity index (χ0) is 16.2. The summed E-state index contributed by atoms with van der Waals surface area (Å²) in [5, 5.41) is 13.5. The first-order valence-electron chi connectivity index (χ1n) is 6.30. The van der Waals surface area contributed by atoms with Gasteiger partial charge in [-0.15, -0.1) is 0 Å². The molecule has 0 aliphatic heterocycles. The molecule has 0 heterocycles. The molecule has 116 valence electrons. The topological polar surface area (TPSA) is 107 Å². The lowest BCUT2D eigenvalue weighted by molar-refractivity contribution is -0.387. The van der Waals surface area contributed by atoms with E-state index in [2.05, 4.69) is 5.32 Å². The van der Waals surface area contributed by atoms with E-state index in [9.17, 15) is 19.3 Å². The minimum Gasteiger partial charge on any atom is -0.491 e. The first-order valence-corrected chi connectivity index (χ1v) is 6.30. The lowest BCUT2D eigenvalue weighted by Crippen LogP contribution is -2.59. The van der Waals surface area contributed by atoms with Gasteiger partial charge in [0.15, 0.2) is 0 Å². The number of nitrogens with two attached hydrogens (primary N) is 1. The van der Waals surface area contributed by atoms with Crippen LogP contribution in [0.3, 0.4) is 0 Å². The summed E-state index contributed by atoms with van der Waals surface area (Å²) in [7, 11) is 0. The van der Waals surface area contributed by atoms with E-state index in [-0.39, 0.29) is 18.4 Å². The molecule has 0 saturated heterocycles. The molecule has 1 amide bonds. The van der Waals surface area contributed by atoms with E-state index >= 15 is 0 Å². The number of amides is 1. The number of carbonyl (C=O) groups excluding carboxylic acids is 1. The Morgan fingerprint density at radius 1 is 1.57 bits per heavy atom. The van der Waals surface area contributed by atoms with E-state index in [1.54, 1.807) is 6.92 Å². The maximum Gasteiger partial charge on any atom is 0.305 e. The summed E-state index contributed by atoms with van der Waals surface area (Å²) < 4.78 is 18.8. The Bertz CT molecular complexity index is 550. The number of nitrogens with one attached hydrogen (secondary N) is 1. The van der Waals surface area contributed by atoms with Crippen LogP contribution in [0.5, 0.6) is 5.75 Å². The molecule has 1 unspecified atom stereocenters. The summed E-state index contributed by atoms with van der Waals surface area (Å²) in [5.41, 5.74) is 3.56. The molecular weight excluding hydrogens is 281 g/mol. The summed E-state index contributed by atoms with van der Waals surface area (Å²) in [4.78, 5) is 21.2. The molecule has 1 rings (SSSR count). The molecule has 21 heavy (non-hydrogen) atoms. The van der Waals surface area contributed by atoms with Crippen LogP contribution in [-0.2, 0) is 4.79 Å². The predicted molar refractivity (Wildman–Crippen MR) is 74.4 cm³/mol. The van der Waals surface area contributed by atoms with E-state index in [1.807, 2.05) is 13.8 Å². The van der Waals surface area contributed by atoms with Crippen LogP contribution in [0.2, 0.25) is 0 Å². The summed E-state index contributed by atoms with van der Waals surface area (Å²) >= 11 is 0. The molecular formula is C13H18FN3O4. The van der Waals surface area contributed by atoms with Crippen molar-refractivity contribution in [2.24, 2.45) is 5.73 Å². The number of carbonyl (C=O) groups is 1. The van der Waals surface area contributed by atoms with Crippen molar-refractivity contribution >= 4 is 11.6 Å². The third kappa shape index (κ3) is 4.38. The number of nitro groups is 1. The third-order valence-corrected chi connectivity index (χ3v) is 2.79. The normalized spacial score (nSPS) is 13.8. The van der Waals surface area contributed by atoms with Crippen LogP contribution in [0.15, 0.2) is 18.2 Å². The van der Waals surface area contributed by atoms with Gasteiger partial charge in [-0.1, -0.05) is 0 Å². The first-order chi connectivity index (χ1) is 9.65. The Balaban J connectivity index is 2.84. The number of hydrogen-bond donors (Lipinski definition) is 2. The molecule has 0 bridgehead atoms. The zero-order valence-electron chi connectivity index (χ0n) is 12.1. The molecule has 0 saturated carbocycles. The lowest BCUT2D eigenvalue weighted by Gasteiger charge is -2.29. The van der Waals surface area contributed by atoms with E-state index in [1.165, 1.54) is 6.07 Å². The molecule has 8 heteroatoms. The van der Waals surface area contributed by atoms with Crippen molar-refractivity contribution in [3.8, 4) is 5.75 Å². The SMILES string of the molecule is CC(C)NC(C)(COc1ccc([N+](=O)[O-])c(F)c1)C(N)=O. The average Bonchev–Trinajstić information content (AvgIpc) is 2.35. The zero-order valence-corrected chi connectivity index (χ0v) is 12.1. The van der Waals surface area contributed by atoms with Gasteiger partial charge >= 0.3 is 5.69 Å². The lowest BCUT2D eigenvalue weighted by atomic mass is 10.0. The van der Waals surface area contributed by atoms with Crippen molar-refractivity contribution in [1.82, 2.24) is 5.32 Å². The molecule has 0 fully saturated rings. The second-order valence-electron chi connectivity index (χ2n) is 5.15. The molecule has 3 N–H and O–H groups in total. The van der Waals surface area contributed by atoms with Gasteiger partial charge in [0.05, 0.1) is 4.92 Å². The van der Waals surface area contributed by atoms with Crippen molar-refractivity contribution in [2.75, 3.05) is 6.61 Å². The maximum atomic E-state index is 13.5. The number of nitrogens with zero attached hydrogens (tertiary/aromatic N) is 1. The smallest absolute Gasteiger partial charge is 0.305 e. The van der Waals surface area contributed by atoms with Gasteiger partial charge in [0.1, 0.15) is 17.9 Å². The van der Waals surface area contributed by atoms with Gasteiger partial charge in [-0.3, -0.25) is 20.2 Å². The molecule has 1 aromatic rings. The standard InChI is InChI=1S/C13H18FN3O4/c1-8(2)16-13(3,12(15)18)7-21-9-4-5-11(17(19)20)10(14)6-9/h4-6,8,16H,7H2,1-3H3,(H2,15,18). The average molecular weight is 299 g/mol. The van der Waals surface area contributed by atoms with Crippen LogP contribution in [0, 0.1) is 15.9 Å². The highest BCUT2D eigenvalue weighted by atomic mass is 19.1. The largest absolute Gasteiger partial charge is 0.491 e. The Labute approximate surface area is 121 Å². The molecule has 0 radical (unpaired) electrons. The second-order valence-corrected chi connectivity index (χ2v) is 5.15. The number of rotatable bonds is 7. The number of benzene rings is 1. The minimum absolute atomic E-state index is 0.0142. The molecule has 7 nitrogen and oxygen atoms in total. The monoisotopic (exact) mass is 299 g/mol. The van der Waals surface area contributed by atoms with Gasteiger partial charge in [0.2, 0.25) is 11.7 Å². The summed E-state index contributed by atoms with van der Waals surface area (Å²) in [6, 6.07) is 3.15. The number of nitro benzene ring substituents is 1. The number of primary amides is 1. The first kappa shape index (κ1) is 16.8. The fraction of sp³-hybridized carbons (Fsp3) is 0.462. The summed E-state index contributed by atoms with van der Waals surface area (Å²) in [5.74, 6) is -1.54. The van der Waals surface area contributed by atoms with Crippen LogP contribution >= 0.6 is 0 Å². The van der Waals surface area contributed by atoms with Crippen LogP contribution < -0.4 is 15.8 Å². The Hall–Kier alpha value is -2.22. The Morgan fingerprint density at radius 2 is 2.19 bits per heavy atom. The highest BCUT2D eigenvalue weighted by Gasteiger charge is 2.32. The van der Waals surface area contributed by atoms with Gasteiger partial charge in [-0.25, -0.2) is 0 Å². The van der Waals surface area contributed by atoms with Crippen molar-refractivity contribution in [3.63, 3.8) is 0 Å². The van der Waals surface area contributed by atoms with Gasteiger partial charge < -0.3 is 10.5 Å².